The maximum atomic E-state index is 13.6. The number of halogens is 2. The van der Waals surface area contributed by atoms with E-state index < -0.39 is 36.3 Å². The number of rotatable bonds is 39. The smallest absolute Gasteiger partial charge is 0.317 e. The van der Waals surface area contributed by atoms with E-state index in [9.17, 15) is 42.7 Å². The molecule has 2 aromatic carbocycles. The van der Waals surface area contributed by atoms with Crippen LogP contribution in [0.15, 0.2) is 72.3 Å². The van der Waals surface area contributed by atoms with Crippen LogP contribution >= 0.6 is 0 Å². The Labute approximate surface area is 582 Å². The van der Waals surface area contributed by atoms with Crippen LogP contribution in [-0.2, 0) is 35.2 Å². The molecule has 7 N–H and O–H groups in total. The average Bonchev–Trinajstić information content (AvgIpc) is 1.41. The molecule has 2 unspecified atom stereocenters. The van der Waals surface area contributed by atoms with Gasteiger partial charge in [0.1, 0.15) is 23.6 Å². The van der Waals surface area contributed by atoms with Gasteiger partial charge in [-0.15, -0.1) is 0 Å². The van der Waals surface area contributed by atoms with Crippen LogP contribution in [0.1, 0.15) is 242 Å². The highest BCUT2D eigenvalue weighted by Gasteiger charge is 2.40. The summed E-state index contributed by atoms with van der Waals surface area (Å²) in [5.74, 6) is -2.78. The third-order valence-electron chi connectivity index (χ3n) is 15.0. The fourth-order valence-corrected chi connectivity index (χ4v) is 9.07. The maximum absolute atomic E-state index is 13.6. The second-order valence-corrected chi connectivity index (χ2v) is 23.0. The number of phenolic OH excluding ortho intramolecular Hbond substituents is 1. The van der Waals surface area contributed by atoms with Gasteiger partial charge < -0.3 is 50.8 Å². The number of ether oxygens (including phenoxy) is 1. The SMILES string of the molecule is CC.CC.CCC(=O)CC.CCC/C=C/C=C(/C(=O)NCC(=O)N1CCC(F)(F)C1)c1cc(OCCCNC(Cc2ccc(O)cc2)C(=O)NCCCCC)ccc1C.CCCCC=O.CCCN(CC=C1CCC1)CCC(C)CC.CCCN(CCC)CC(=O)O.CO.CO. The number of nitrogens with one attached hydrogen (secondary N) is 3. The van der Waals surface area contributed by atoms with Crippen LogP contribution in [0.3, 0.4) is 0 Å². The van der Waals surface area contributed by atoms with E-state index in [-0.39, 0.29) is 37.7 Å². The predicted octanol–water partition coefficient (Wildman–Crippen LogP) is 15.2. The van der Waals surface area contributed by atoms with Crippen LogP contribution < -0.4 is 20.7 Å². The van der Waals surface area contributed by atoms with Crippen LogP contribution in [0.25, 0.3) is 5.57 Å². The molecule has 2 aromatic rings. The number of hydrogen-bond donors (Lipinski definition) is 7. The number of carboxylic acids is 1. The van der Waals surface area contributed by atoms with Crippen LogP contribution in [-0.4, -0.2) is 176 Å². The Bertz CT molecular complexity index is 2300. The monoisotopic (exact) mass is 1360 g/mol. The number of unbranched alkanes of at least 4 members (excludes halogenated alkanes) is 5. The molecule has 2 aliphatic rings. The zero-order valence-electron chi connectivity index (χ0n) is 63.2. The fraction of sp³-hybridized carbons (Fsp3) is 0.688. The number of carbonyl (C=O) groups is 6. The first-order valence-corrected chi connectivity index (χ1v) is 36.2. The molecule has 0 spiro atoms. The van der Waals surface area contributed by atoms with Gasteiger partial charge in [-0.05, 0) is 170 Å². The van der Waals surface area contributed by atoms with E-state index in [1.807, 2.05) is 83.7 Å². The minimum atomic E-state index is -2.90. The largest absolute Gasteiger partial charge is 0.508 e. The Hall–Kier alpha value is -5.86. The quantitative estimate of drug-likeness (QED) is 0.0108. The van der Waals surface area contributed by atoms with Crippen molar-refractivity contribution in [2.45, 2.75) is 251 Å². The predicted molar refractivity (Wildman–Crippen MR) is 396 cm³/mol. The number of amides is 3. The van der Waals surface area contributed by atoms with Gasteiger partial charge in [-0.25, -0.2) is 8.78 Å². The molecule has 2 fully saturated rings. The molecule has 1 saturated heterocycles. The molecular weight excluding hydrogens is 1220 g/mol. The highest BCUT2D eigenvalue weighted by Crippen LogP contribution is 2.28. The average molecular weight is 1360 g/mol. The maximum Gasteiger partial charge on any atom is 0.317 e. The summed E-state index contributed by atoms with van der Waals surface area (Å²) in [4.78, 5) is 74.6. The van der Waals surface area contributed by atoms with E-state index in [0.717, 1.165) is 120 Å². The number of nitrogens with zero attached hydrogens (tertiary/aromatic N) is 3. The van der Waals surface area contributed by atoms with Crippen LogP contribution in [0.5, 0.6) is 11.5 Å². The van der Waals surface area contributed by atoms with Crippen molar-refractivity contribution in [2.24, 2.45) is 5.92 Å². The molecule has 19 heteroatoms. The number of likely N-dealkylation sites (tertiary alicyclic amines) is 1. The van der Waals surface area contributed by atoms with Crippen LogP contribution in [0, 0.1) is 12.8 Å². The van der Waals surface area contributed by atoms with Crippen molar-refractivity contribution in [3.05, 3.63) is 89.0 Å². The zero-order chi connectivity index (χ0) is 74.0. The van der Waals surface area contributed by atoms with Crippen molar-refractivity contribution in [3.8, 4) is 11.5 Å². The normalized spacial score (nSPS) is 13.0. The number of aliphatic carboxylic acids is 1. The molecule has 0 bridgehead atoms. The van der Waals surface area contributed by atoms with Gasteiger partial charge in [0.2, 0.25) is 11.8 Å². The van der Waals surface area contributed by atoms with Crippen LogP contribution in [0.2, 0.25) is 0 Å². The lowest BCUT2D eigenvalue weighted by Gasteiger charge is -2.24. The van der Waals surface area contributed by atoms with Gasteiger partial charge >= 0.3 is 5.97 Å². The van der Waals surface area contributed by atoms with Crippen molar-refractivity contribution in [1.29, 1.82) is 0 Å². The first kappa shape index (κ1) is 98.8. The first-order valence-electron chi connectivity index (χ1n) is 36.2. The first-order chi connectivity index (χ1) is 46.2. The number of aromatic hydroxyl groups is 1. The molecule has 556 valence electrons. The molecule has 1 saturated carbocycles. The zero-order valence-corrected chi connectivity index (χ0v) is 63.2. The summed E-state index contributed by atoms with van der Waals surface area (Å²) in [6.07, 6.45) is 28.9. The van der Waals surface area contributed by atoms with Gasteiger partial charge in [0.15, 0.2) is 0 Å². The molecule has 1 aliphatic carbocycles. The van der Waals surface area contributed by atoms with Crippen molar-refractivity contribution in [1.82, 2.24) is 30.7 Å². The second kappa shape index (κ2) is 69.1. The number of ketones is 1. The summed E-state index contributed by atoms with van der Waals surface area (Å²) in [6, 6.07) is 11.8. The van der Waals surface area contributed by atoms with Gasteiger partial charge in [0.25, 0.3) is 11.8 Å². The number of aliphatic hydroxyl groups is 2. The number of aryl methyl sites for hydroxylation is 1. The van der Waals surface area contributed by atoms with Crippen molar-refractivity contribution in [3.63, 3.8) is 0 Å². The van der Waals surface area contributed by atoms with E-state index in [1.165, 1.54) is 58.2 Å². The summed E-state index contributed by atoms with van der Waals surface area (Å²) in [6.45, 7) is 37.1. The topological polar surface area (TPSA) is 238 Å². The Morgan fingerprint density at radius 3 is 1.82 bits per heavy atom. The number of carbonyl (C=O) groups excluding carboxylic acids is 5. The molecule has 2 atom stereocenters. The van der Waals surface area contributed by atoms with Crippen molar-refractivity contribution in [2.75, 3.05) is 92.8 Å². The van der Waals surface area contributed by atoms with Crippen LogP contribution in [0.4, 0.5) is 8.78 Å². The Morgan fingerprint density at radius 1 is 0.740 bits per heavy atom. The molecule has 3 amide bonds. The minimum Gasteiger partial charge on any atom is -0.508 e. The Balaban J connectivity index is -0.000000472. The molecule has 4 rings (SSSR count). The third-order valence-corrected chi connectivity index (χ3v) is 15.0. The number of hydrogen-bond acceptors (Lipinski definition) is 13. The minimum absolute atomic E-state index is 0.0382. The summed E-state index contributed by atoms with van der Waals surface area (Å²) in [5, 5.41) is 41.1. The molecular formula is C77H138F2N6O11. The van der Waals surface area contributed by atoms with E-state index in [1.54, 1.807) is 35.9 Å². The summed E-state index contributed by atoms with van der Waals surface area (Å²) in [7, 11) is 2.00. The summed E-state index contributed by atoms with van der Waals surface area (Å²) >= 11 is 0. The van der Waals surface area contributed by atoms with E-state index >= 15 is 0 Å². The van der Waals surface area contributed by atoms with E-state index in [4.69, 9.17) is 20.1 Å². The van der Waals surface area contributed by atoms with Gasteiger partial charge in [-0.2, -0.15) is 0 Å². The number of alkyl halides is 2. The van der Waals surface area contributed by atoms with Gasteiger partial charge in [-0.1, -0.05) is 171 Å². The highest BCUT2D eigenvalue weighted by atomic mass is 19.3. The Kier molecular flexibility index (Phi) is 71.1. The lowest BCUT2D eigenvalue weighted by Crippen LogP contribution is -2.46. The third kappa shape index (κ3) is 54.2. The standard InChI is InChI=1S/C38H52F2N4O5.C15H29N.C8H17NO2.2C5H10O.2C2H6.2CH4O/c1-4-6-8-9-12-32(36(47)43-26-35(46)44-22-19-38(39,40)27-44)33-25-31(18-13-28(33)3)49-23-11-21-41-34(37(48)42-20-10-7-5-2)24-29-14-16-30(45)17-15-29;1-4-11-16(12-9-14(3)5-2)13-10-15-7-6-8-15;1-3-5-9(6-4-2)7-8(10)11;1-3-5(6)4-2;1-2-3-4-5-6;4*1-2/h8-9,12-18,25,34,41,45H,4-7,10-11,19-24,26-27H2,1-3H3,(H,42,48)(H,43,47);10,14H,4-9,11-13H2,1-3H3;3-7H2,1-2H3,(H,10,11);3-4H2,1-2H3;5H,2-4H2,1H3;2*1-2H3;2*2H,1H3/b9-8+,32-12+;;;;;;;;. The number of benzene rings is 2. The molecule has 0 radical (unpaired) electrons. The highest BCUT2D eigenvalue weighted by molar-refractivity contribution is 6.20. The van der Waals surface area contributed by atoms with Gasteiger partial charge in [0.05, 0.1) is 32.3 Å². The lowest BCUT2D eigenvalue weighted by molar-refractivity contribution is -0.138. The Morgan fingerprint density at radius 2 is 1.34 bits per heavy atom. The molecule has 0 aromatic heterocycles. The number of aliphatic hydroxyl groups excluding tert-OH is 2. The molecule has 17 nitrogen and oxygen atoms in total. The van der Waals surface area contributed by atoms with E-state index in [0.29, 0.717) is 68.0 Å². The number of aldehydes is 1. The van der Waals surface area contributed by atoms with Crippen molar-refractivity contribution >= 4 is 41.3 Å². The number of allylic oxidation sites excluding steroid dienone is 4. The molecule has 96 heavy (non-hydrogen) atoms. The molecule has 1 heterocycles. The van der Waals surface area contributed by atoms with Crippen molar-refractivity contribution < 1.29 is 62.7 Å². The summed E-state index contributed by atoms with van der Waals surface area (Å²) in [5.41, 5.74) is 4.42. The number of phenols is 1. The second-order valence-electron chi connectivity index (χ2n) is 23.0. The molecule has 1 aliphatic heterocycles. The van der Waals surface area contributed by atoms with Gasteiger partial charge in [-0.3, -0.25) is 33.8 Å². The van der Waals surface area contributed by atoms with Gasteiger partial charge in [0, 0.05) is 65.1 Å². The fourth-order valence-electron chi connectivity index (χ4n) is 9.07. The number of carboxylic acid groups (broad SMARTS) is 1. The summed E-state index contributed by atoms with van der Waals surface area (Å²) < 4.78 is 33.3. The number of Topliss-reactive ketones (excluding diaryl/α,β-unsaturated/α-hetero) is 1. The van der Waals surface area contributed by atoms with E-state index in [2.05, 4.69) is 82.3 Å². The lowest BCUT2D eigenvalue weighted by atomic mass is 9.92.